The van der Waals surface area contributed by atoms with Crippen LogP contribution >= 0.6 is 0 Å². The second kappa shape index (κ2) is 9.00. The highest BCUT2D eigenvalue weighted by Gasteiger charge is 2.25. The van der Waals surface area contributed by atoms with E-state index in [-0.39, 0.29) is 23.2 Å². The molecule has 0 aromatic heterocycles. The molecule has 1 fully saturated rings. The SMILES string of the molecule is CCCCCNC(=O)COC(=O)c1ccc(NC2CC2)c([N+](=O)[O-])c1. The number of nitro benzene ring substituents is 1. The van der Waals surface area contributed by atoms with E-state index in [4.69, 9.17) is 4.74 Å². The Labute approximate surface area is 146 Å². The zero-order valence-corrected chi connectivity index (χ0v) is 14.2. The summed E-state index contributed by atoms with van der Waals surface area (Å²) in [7, 11) is 0. The first-order chi connectivity index (χ1) is 12.0. The van der Waals surface area contributed by atoms with Gasteiger partial charge in [-0.2, -0.15) is 0 Å². The van der Waals surface area contributed by atoms with E-state index >= 15 is 0 Å². The Balaban J connectivity index is 1.89. The Hall–Kier alpha value is -2.64. The lowest BCUT2D eigenvalue weighted by atomic mass is 10.1. The Morgan fingerprint density at radius 2 is 2.08 bits per heavy atom. The van der Waals surface area contributed by atoms with Crippen molar-refractivity contribution >= 4 is 23.3 Å². The molecule has 1 amide bonds. The third kappa shape index (κ3) is 6.06. The fraction of sp³-hybridized carbons (Fsp3) is 0.529. The number of carbonyl (C=O) groups is 2. The van der Waals surface area contributed by atoms with Gasteiger partial charge in [0.25, 0.3) is 11.6 Å². The average Bonchev–Trinajstić information content (AvgIpc) is 3.40. The number of carbonyl (C=O) groups excluding carboxylic acids is 2. The normalized spacial score (nSPS) is 13.2. The molecule has 8 nitrogen and oxygen atoms in total. The molecule has 2 N–H and O–H groups in total. The second-order valence-corrected chi connectivity index (χ2v) is 6.04. The van der Waals surface area contributed by atoms with E-state index in [2.05, 4.69) is 17.6 Å². The summed E-state index contributed by atoms with van der Waals surface area (Å²) in [5, 5.41) is 16.9. The van der Waals surface area contributed by atoms with Gasteiger partial charge in [-0.15, -0.1) is 0 Å². The molecule has 2 rings (SSSR count). The first-order valence-corrected chi connectivity index (χ1v) is 8.50. The molecule has 8 heteroatoms. The molecule has 0 atom stereocenters. The van der Waals surface area contributed by atoms with Crippen LogP contribution in [0.25, 0.3) is 0 Å². The molecule has 1 aliphatic carbocycles. The minimum atomic E-state index is -0.759. The number of rotatable bonds is 10. The van der Waals surface area contributed by atoms with Crippen LogP contribution in [0.5, 0.6) is 0 Å². The maximum atomic E-state index is 12.0. The standard InChI is InChI=1S/C17H23N3O5/c1-2-3-4-9-18-16(21)11-25-17(22)12-5-8-14(19-13-6-7-13)15(10-12)20(23)24/h5,8,10,13,19H,2-4,6-7,9,11H2,1H3,(H,18,21). The molecule has 25 heavy (non-hydrogen) atoms. The first-order valence-electron chi connectivity index (χ1n) is 8.50. The number of esters is 1. The first kappa shape index (κ1) is 18.7. The van der Waals surface area contributed by atoms with Gasteiger partial charge in [0, 0.05) is 18.7 Å². The van der Waals surface area contributed by atoms with Crippen molar-refractivity contribution in [3.63, 3.8) is 0 Å². The lowest BCUT2D eigenvalue weighted by Gasteiger charge is -2.08. The van der Waals surface area contributed by atoms with Crippen molar-refractivity contribution in [3.05, 3.63) is 33.9 Å². The van der Waals surface area contributed by atoms with Crippen molar-refractivity contribution in [2.24, 2.45) is 0 Å². The van der Waals surface area contributed by atoms with Crippen LogP contribution in [0.2, 0.25) is 0 Å². The molecule has 1 aromatic carbocycles. The molecule has 0 saturated heterocycles. The van der Waals surface area contributed by atoms with Crippen molar-refractivity contribution in [3.8, 4) is 0 Å². The van der Waals surface area contributed by atoms with Crippen LogP contribution < -0.4 is 10.6 Å². The molecule has 0 unspecified atom stereocenters. The molecule has 0 heterocycles. The van der Waals surface area contributed by atoms with Gasteiger partial charge < -0.3 is 15.4 Å². The summed E-state index contributed by atoms with van der Waals surface area (Å²) in [6.45, 7) is 2.20. The van der Waals surface area contributed by atoms with Crippen LogP contribution in [0, 0.1) is 10.1 Å². The Morgan fingerprint density at radius 1 is 1.32 bits per heavy atom. The minimum absolute atomic E-state index is 0.0480. The van der Waals surface area contributed by atoms with Crippen molar-refractivity contribution in [2.75, 3.05) is 18.5 Å². The monoisotopic (exact) mass is 349 g/mol. The lowest BCUT2D eigenvalue weighted by molar-refractivity contribution is -0.384. The Bertz CT molecular complexity index is 643. The van der Waals surface area contributed by atoms with Crippen LogP contribution in [0.4, 0.5) is 11.4 Å². The van der Waals surface area contributed by atoms with E-state index in [9.17, 15) is 19.7 Å². The van der Waals surface area contributed by atoms with Crippen LogP contribution in [-0.4, -0.2) is 36.0 Å². The Kier molecular flexibility index (Phi) is 6.73. The molecule has 0 bridgehead atoms. The van der Waals surface area contributed by atoms with Crippen molar-refractivity contribution in [2.45, 2.75) is 45.1 Å². The van der Waals surface area contributed by atoms with Gasteiger partial charge in [0.05, 0.1) is 10.5 Å². The molecule has 136 valence electrons. The summed E-state index contributed by atoms with van der Waals surface area (Å²) < 4.78 is 4.92. The highest BCUT2D eigenvalue weighted by atomic mass is 16.6. The van der Waals surface area contributed by atoms with E-state index < -0.39 is 17.5 Å². The summed E-state index contributed by atoms with van der Waals surface area (Å²) >= 11 is 0. The van der Waals surface area contributed by atoms with Gasteiger partial charge in [-0.3, -0.25) is 14.9 Å². The van der Waals surface area contributed by atoms with E-state index in [1.165, 1.54) is 18.2 Å². The largest absolute Gasteiger partial charge is 0.452 e. The maximum absolute atomic E-state index is 12.0. The number of hydrogen-bond acceptors (Lipinski definition) is 6. The van der Waals surface area contributed by atoms with E-state index in [1.54, 1.807) is 0 Å². The topological polar surface area (TPSA) is 111 Å². The third-order valence-electron chi connectivity index (χ3n) is 3.80. The number of nitro groups is 1. The molecule has 1 aliphatic rings. The maximum Gasteiger partial charge on any atom is 0.338 e. The van der Waals surface area contributed by atoms with Gasteiger partial charge in [0.1, 0.15) is 5.69 Å². The summed E-state index contributed by atoms with van der Waals surface area (Å²) in [6.07, 6.45) is 4.90. The lowest BCUT2D eigenvalue weighted by Crippen LogP contribution is -2.29. The second-order valence-electron chi connectivity index (χ2n) is 6.04. The predicted molar refractivity (Wildman–Crippen MR) is 92.6 cm³/mol. The van der Waals surface area contributed by atoms with Gasteiger partial charge >= 0.3 is 5.97 Å². The number of ether oxygens (including phenoxy) is 1. The molecule has 0 spiro atoms. The van der Waals surface area contributed by atoms with E-state index in [0.717, 1.165) is 32.1 Å². The van der Waals surface area contributed by atoms with Gasteiger partial charge in [0.2, 0.25) is 0 Å². The summed E-state index contributed by atoms with van der Waals surface area (Å²) in [5.41, 5.74) is 0.259. The van der Waals surface area contributed by atoms with Crippen LogP contribution in [0.1, 0.15) is 49.4 Å². The van der Waals surface area contributed by atoms with Crippen molar-refractivity contribution in [1.82, 2.24) is 5.32 Å². The zero-order valence-electron chi connectivity index (χ0n) is 14.2. The van der Waals surface area contributed by atoms with Crippen molar-refractivity contribution < 1.29 is 19.2 Å². The number of amides is 1. The number of nitrogens with zero attached hydrogens (tertiary/aromatic N) is 1. The summed E-state index contributed by atoms with van der Waals surface area (Å²) in [4.78, 5) is 34.2. The number of nitrogens with one attached hydrogen (secondary N) is 2. The molecular formula is C17H23N3O5. The highest BCUT2D eigenvalue weighted by molar-refractivity contribution is 5.93. The molecule has 1 saturated carbocycles. The van der Waals surface area contributed by atoms with Gasteiger partial charge in [-0.1, -0.05) is 19.8 Å². The number of benzene rings is 1. The molecule has 0 radical (unpaired) electrons. The van der Waals surface area contributed by atoms with Crippen LogP contribution in [0.15, 0.2) is 18.2 Å². The van der Waals surface area contributed by atoms with Gasteiger partial charge in [-0.25, -0.2) is 4.79 Å². The fourth-order valence-electron chi connectivity index (χ4n) is 2.25. The van der Waals surface area contributed by atoms with Crippen molar-refractivity contribution in [1.29, 1.82) is 0 Å². The quantitative estimate of drug-likeness (QED) is 0.291. The zero-order chi connectivity index (χ0) is 18.2. The van der Waals surface area contributed by atoms with E-state index in [0.29, 0.717) is 12.2 Å². The van der Waals surface area contributed by atoms with Crippen LogP contribution in [0.3, 0.4) is 0 Å². The van der Waals surface area contributed by atoms with Gasteiger partial charge in [0.15, 0.2) is 6.61 Å². The molecular weight excluding hydrogens is 326 g/mol. The average molecular weight is 349 g/mol. The molecule has 1 aromatic rings. The highest BCUT2D eigenvalue weighted by Crippen LogP contribution is 2.31. The Morgan fingerprint density at radius 3 is 2.72 bits per heavy atom. The van der Waals surface area contributed by atoms with Gasteiger partial charge in [-0.05, 0) is 31.4 Å². The summed E-state index contributed by atoms with van der Waals surface area (Å²) in [6, 6.07) is 4.39. The van der Waals surface area contributed by atoms with Crippen LogP contribution in [-0.2, 0) is 9.53 Å². The third-order valence-corrected chi connectivity index (χ3v) is 3.80. The molecule has 0 aliphatic heterocycles. The fourth-order valence-corrected chi connectivity index (χ4v) is 2.25. The smallest absolute Gasteiger partial charge is 0.338 e. The number of unbranched alkanes of at least 4 members (excludes halogenated alkanes) is 2. The number of anilines is 1. The summed E-state index contributed by atoms with van der Waals surface area (Å²) in [5.74, 6) is -1.14. The van der Waals surface area contributed by atoms with E-state index in [1.807, 2.05) is 0 Å². The number of hydrogen-bond donors (Lipinski definition) is 2. The predicted octanol–water partition coefficient (Wildman–Crippen LogP) is 2.63. The minimum Gasteiger partial charge on any atom is -0.452 e.